The summed E-state index contributed by atoms with van der Waals surface area (Å²) >= 11 is 6.76. The first-order valence-corrected chi connectivity index (χ1v) is 10.1. The van der Waals surface area contributed by atoms with Crippen LogP contribution < -0.4 is 4.57 Å². The molecule has 0 saturated heterocycles. The number of nitrogens with zero attached hydrogens (tertiary/aromatic N) is 1. The lowest BCUT2D eigenvalue weighted by atomic mass is 10.0. The molecule has 3 rings (SSSR count). The molecule has 0 spiro atoms. The highest BCUT2D eigenvalue weighted by atomic mass is 79.9. The van der Waals surface area contributed by atoms with Gasteiger partial charge in [0.1, 0.15) is 7.05 Å². The minimum atomic E-state index is 0.0505. The minimum absolute atomic E-state index is 0.0505. The van der Waals surface area contributed by atoms with Crippen LogP contribution in [0, 0.1) is 0 Å². The van der Waals surface area contributed by atoms with Gasteiger partial charge in [-0.2, -0.15) is 0 Å². The Morgan fingerprint density at radius 3 is 1.44 bits per heavy atom. The van der Waals surface area contributed by atoms with Gasteiger partial charge in [0, 0.05) is 32.2 Å². The molecule has 5 heteroatoms. The summed E-state index contributed by atoms with van der Waals surface area (Å²) in [7, 11) is 1.90. The van der Waals surface area contributed by atoms with Gasteiger partial charge in [0.15, 0.2) is 23.0 Å². The van der Waals surface area contributed by atoms with Gasteiger partial charge in [-0.25, -0.2) is 4.57 Å². The highest BCUT2D eigenvalue weighted by molar-refractivity contribution is 9.10. The molecule has 0 atom stereocenters. The quantitative estimate of drug-likeness (QED) is 0.367. The van der Waals surface area contributed by atoms with E-state index in [9.17, 15) is 9.59 Å². The maximum absolute atomic E-state index is 12.6. The van der Waals surface area contributed by atoms with E-state index in [1.807, 2.05) is 78.3 Å². The molecule has 0 fully saturated rings. The Labute approximate surface area is 175 Å². The topological polar surface area (TPSA) is 38.0 Å². The summed E-state index contributed by atoms with van der Waals surface area (Å²) in [5.41, 5.74) is 3.11. The van der Waals surface area contributed by atoms with Crippen LogP contribution >= 0.6 is 31.9 Å². The summed E-state index contributed by atoms with van der Waals surface area (Å²) in [6, 6.07) is 20.4. The van der Waals surface area contributed by atoms with Crippen molar-refractivity contribution >= 4 is 43.4 Å². The monoisotopic (exact) mass is 486 g/mol. The normalized spacial score (nSPS) is 10.6. The van der Waals surface area contributed by atoms with Crippen LogP contribution in [-0.2, 0) is 19.9 Å². The van der Waals surface area contributed by atoms with Gasteiger partial charge in [-0.1, -0.05) is 56.1 Å². The average molecular weight is 488 g/mol. The summed E-state index contributed by atoms with van der Waals surface area (Å²) in [6.07, 6.45) is 0.580. The molecule has 0 aliphatic rings. The summed E-state index contributed by atoms with van der Waals surface area (Å²) < 4.78 is 3.82. The van der Waals surface area contributed by atoms with Crippen LogP contribution in [-0.4, -0.2) is 11.6 Å². The zero-order chi connectivity index (χ0) is 19.4. The summed E-state index contributed by atoms with van der Waals surface area (Å²) in [5.74, 6) is 0.101. The number of ketones is 2. The van der Waals surface area contributed by atoms with Crippen molar-refractivity contribution in [1.82, 2.24) is 0 Å². The molecule has 0 saturated carbocycles. The molecule has 0 aliphatic heterocycles. The zero-order valence-corrected chi connectivity index (χ0v) is 18.0. The molecule has 136 valence electrons. The Hall–Kier alpha value is -2.11. The molecular weight excluding hydrogens is 470 g/mol. The number of pyridine rings is 1. The van der Waals surface area contributed by atoms with Gasteiger partial charge in [0.2, 0.25) is 0 Å². The predicted molar refractivity (Wildman–Crippen MR) is 112 cm³/mol. The highest BCUT2D eigenvalue weighted by Gasteiger charge is 2.19. The van der Waals surface area contributed by atoms with E-state index in [-0.39, 0.29) is 11.6 Å². The number of benzene rings is 2. The molecule has 0 bridgehead atoms. The third kappa shape index (κ3) is 4.99. The SMILES string of the molecule is C[n+]1c(CC(=O)c2ccc(Br)cc2)cccc1CC(=O)c1ccc(Br)cc1. The van der Waals surface area contributed by atoms with Crippen LogP contribution in [0.2, 0.25) is 0 Å². The van der Waals surface area contributed by atoms with Crippen molar-refractivity contribution in [2.45, 2.75) is 12.8 Å². The van der Waals surface area contributed by atoms with Crippen molar-refractivity contribution in [1.29, 1.82) is 0 Å². The molecule has 0 radical (unpaired) electrons. The number of hydrogen-bond acceptors (Lipinski definition) is 2. The molecule has 3 nitrogen and oxygen atoms in total. The van der Waals surface area contributed by atoms with E-state index in [4.69, 9.17) is 0 Å². The fourth-order valence-corrected chi connectivity index (χ4v) is 3.37. The molecule has 0 N–H and O–H groups in total. The maximum Gasteiger partial charge on any atom is 0.189 e. The van der Waals surface area contributed by atoms with Gasteiger partial charge >= 0.3 is 0 Å². The van der Waals surface area contributed by atoms with E-state index in [1.165, 1.54) is 0 Å². The zero-order valence-electron chi connectivity index (χ0n) is 14.8. The van der Waals surface area contributed by atoms with E-state index in [1.54, 1.807) is 0 Å². The first kappa shape index (κ1) is 19.6. The largest absolute Gasteiger partial charge is 0.294 e. The molecular formula is C22H18Br2NO2+. The molecule has 1 aromatic heterocycles. The number of carbonyl (C=O) groups excluding carboxylic acids is 2. The lowest BCUT2D eigenvalue weighted by Crippen LogP contribution is -2.40. The van der Waals surface area contributed by atoms with Crippen LogP contribution in [0.25, 0.3) is 0 Å². The molecule has 3 aromatic rings. The molecule has 2 aromatic carbocycles. The Bertz CT molecular complexity index is 902. The number of Topliss-reactive ketones (excluding diaryl/α,β-unsaturated/α-hetero) is 2. The second kappa shape index (κ2) is 8.72. The summed E-state index contributed by atoms with van der Waals surface area (Å²) in [4.78, 5) is 25.1. The molecule has 1 heterocycles. The van der Waals surface area contributed by atoms with E-state index < -0.39 is 0 Å². The van der Waals surface area contributed by atoms with E-state index in [0.717, 1.165) is 20.3 Å². The first-order chi connectivity index (χ1) is 12.9. The Balaban J connectivity index is 1.77. The number of aromatic nitrogens is 1. The van der Waals surface area contributed by atoms with Crippen molar-refractivity contribution in [2.24, 2.45) is 7.05 Å². The van der Waals surface area contributed by atoms with Gasteiger partial charge in [-0.3, -0.25) is 9.59 Å². The highest BCUT2D eigenvalue weighted by Crippen LogP contribution is 2.14. The van der Waals surface area contributed by atoms with Crippen LogP contribution in [0.5, 0.6) is 0 Å². The molecule has 0 aliphatic carbocycles. The van der Waals surface area contributed by atoms with Gasteiger partial charge in [0.05, 0.1) is 12.8 Å². The van der Waals surface area contributed by atoms with Crippen LogP contribution in [0.15, 0.2) is 75.7 Å². The Morgan fingerprint density at radius 1 is 0.704 bits per heavy atom. The van der Waals surface area contributed by atoms with Crippen molar-refractivity contribution in [2.75, 3.05) is 0 Å². The van der Waals surface area contributed by atoms with E-state index in [0.29, 0.717) is 24.0 Å². The summed E-state index contributed by atoms with van der Waals surface area (Å²) in [6.45, 7) is 0. The van der Waals surface area contributed by atoms with Crippen LogP contribution in [0.1, 0.15) is 32.1 Å². The Morgan fingerprint density at radius 2 is 1.07 bits per heavy atom. The Kier molecular flexibility index (Phi) is 6.34. The second-order valence-corrected chi connectivity index (χ2v) is 8.11. The van der Waals surface area contributed by atoms with Gasteiger partial charge in [0.25, 0.3) is 0 Å². The number of hydrogen-bond donors (Lipinski definition) is 0. The fourth-order valence-electron chi connectivity index (χ4n) is 2.84. The third-order valence-electron chi connectivity index (χ3n) is 4.45. The van der Waals surface area contributed by atoms with Crippen molar-refractivity contribution < 1.29 is 14.2 Å². The molecule has 0 unspecified atom stereocenters. The number of carbonyl (C=O) groups is 2. The van der Waals surface area contributed by atoms with Crippen molar-refractivity contribution in [3.05, 3.63) is 98.2 Å². The van der Waals surface area contributed by atoms with E-state index >= 15 is 0 Å². The smallest absolute Gasteiger partial charge is 0.189 e. The van der Waals surface area contributed by atoms with Gasteiger partial charge < -0.3 is 0 Å². The lowest BCUT2D eigenvalue weighted by Gasteiger charge is -2.06. The minimum Gasteiger partial charge on any atom is -0.294 e. The third-order valence-corrected chi connectivity index (χ3v) is 5.51. The molecule has 0 amide bonds. The number of rotatable bonds is 6. The van der Waals surface area contributed by atoms with Gasteiger partial charge in [-0.05, 0) is 30.3 Å². The van der Waals surface area contributed by atoms with Gasteiger partial charge in [-0.15, -0.1) is 0 Å². The number of halogens is 2. The standard InChI is InChI=1S/C22H18Br2NO2/c1-25-19(13-21(26)15-5-9-17(23)10-6-15)3-2-4-20(25)14-22(27)16-7-11-18(24)12-8-16/h2-12H,13-14H2,1H3/q+1. The first-order valence-electron chi connectivity index (χ1n) is 8.48. The predicted octanol–water partition coefficient (Wildman–Crippen LogP) is 4.89. The summed E-state index contributed by atoms with van der Waals surface area (Å²) in [5, 5.41) is 0. The van der Waals surface area contributed by atoms with Crippen LogP contribution in [0.4, 0.5) is 0 Å². The maximum atomic E-state index is 12.6. The van der Waals surface area contributed by atoms with Crippen LogP contribution in [0.3, 0.4) is 0 Å². The average Bonchev–Trinajstić information content (AvgIpc) is 2.66. The fraction of sp³-hybridized carbons (Fsp3) is 0.136. The lowest BCUT2D eigenvalue weighted by molar-refractivity contribution is -0.685. The van der Waals surface area contributed by atoms with Crippen molar-refractivity contribution in [3.8, 4) is 0 Å². The van der Waals surface area contributed by atoms with E-state index in [2.05, 4.69) is 31.9 Å². The second-order valence-electron chi connectivity index (χ2n) is 6.28. The molecule has 27 heavy (non-hydrogen) atoms. The van der Waals surface area contributed by atoms with Crippen molar-refractivity contribution in [3.63, 3.8) is 0 Å².